The molecule has 8 heteroatoms. The van der Waals surface area contributed by atoms with Crippen LogP contribution < -0.4 is 0 Å². The van der Waals surface area contributed by atoms with Crippen LogP contribution >= 0.6 is 0 Å². The van der Waals surface area contributed by atoms with Crippen molar-refractivity contribution < 1.29 is 8.42 Å². The molecule has 1 fully saturated rings. The summed E-state index contributed by atoms with van der Waals surface area (Å²) in [4.78, 5) is 0. The highest BCUT2D eigenvalue weighted by Crippen LogP contribution is 2.35. The minimum Gasteiger partial charge on any atom is -0.309 e. The van der Waals surface area contributed by atoms with Gasteiger partial charge in [0.15, 0.2) is 5.82 Å². The molecule has 3 heterocycles. The quantitative estimate of drug-likeness (QED) is 0.835. The molecule has 1 aromatic carbocycles. The minimum absolute atomic E-state index is 0.0310. The number of nitrogens with zero attached hydrogens (tertiary/aromatic N) is 5. The molecule has 2 unspecified atom stereocenters. The smallest absolute Gasteiger partial charge is 0.282 e. The Bertz CT molecular complexity index is 847. The van der Waals surface area contributed by atoms with Gasteiger partial charge in [-0.2, -0.15) is 17.0 Å². The van der Waals surface area contributed by atoms with Crippen LogP contribution in [0, 0.1) is 0 Å². The van der Waals surface area contributed by atoms with Crippen molar-refractivity contribution >= 4 is 10.2 Å². The van der Waals surface area contributed by atoms with Crippen LogP contribution in [0.1, 0.15) is 18.7 Å². The summed E-state index contributed by atoms with van der Waals surface area (Å²) >= 11 is 0. The van der Waals surface area contributed by atoms with E-state index in [0.29, 0.717) is 13.0 Å². The van der Waals surface area contributed by atoms with Gasteiger partial charge in [0, 0.05) is 44.7 Å². The molecule has 0 radical (unpaired) electrons. The zero-order chi connectivity index (χ0) is 16.9. The van der Waals surface area contributed by atoms with Crippen molar-refractivity contribution in [3.05, 3.63) is 36.2 Å². The molecule has 2 aliphatic rings. The first kappa shape index (κ1) is 15.7. The normalized spacial score (nSPS) is 24.1. The van der Waals surface area contributed by atoms with Crippen molar-refractivity contribution in [3.63, 3.8) is 0 Å². The minimum atomic E-state index is -3.43. The van der Waals surface area contributed by atoms with E-state index in [9.17, 15) is 8.42 Å². The van der Waals surface area contributed by atoms with Gasteiger partial charge in [-0.05, 0) is 12.8 Å². The van der Waals surface area contributed by atoms with Crippen molar-refractivity contribution in [2.24, 2.45) is 0 Å². The van der Waals surface area contributed by atoms with Crippen LogP contribution in [0.25, 0.3) is 11.4 Å². The Balaban J connectivity index is 1.74. The first-order valence-corrected chi connectivity index (χ1v) is 9.56. The maximum absolute atomic E-state index is 12.7. The second kappa shape index (κ2) is 5.65. The fourth-order valence-corrected chi connectivity index (χ4v) is 5.25. The van der Waals surface area contributed by atoms with Gasteiger partial charge in [-0.3, -0.25) is 0 Å². The van der Waals surface area contributed by atoms with Crippen LogP contribution in [-0.4, -0.2) is 58.0 Å². The molecule has 128 valence electrons. The average molecular weight is 347 g/mol. The number of aromatic nitrogens is 3. The zero-order valence-electron chi connectivity index (χ0n) is 13.8. The van der Waals surface area contributed by atoms with Crippen LogP contribution in [0.3, 0.4) is 0 Å². The Labute approximate surface area is 142 Å². The molecule has 2 atom stereocenters. The summed E-state index contributed by atoms with van der Waals surface area (Å²) in [6.45, 7) is 0.607. The van der Waals surface area contributed by atoms with Gasteiger partial charge in [0.25, 0.3) is 10.2 Å². The van der Waals surface area contributed by atoms with Crippen molar-refractivity contribution in [2.45, 2.75) is 37.9 Å². The number of rotatable bonds is 3. The molecular formula is C16H21N5O2S. The van der Waals surface area contributed by atoms with E-state index in [-0.39, 0.29) is 12.1 Å². The van der Waals surface area contributed by atoms with Crippen molar-refractivity contribution in [1.29, 1.82) is 0 Å². The highest BCUT2D eigenvalue weighted by atomic mass is 32.2. The molecule has 4 rings (SSSR count). The van der Waals surface area contributed by atoms with E-state index in [1.807, 2.05) is 30.3 Å². The standard InChI is InChI=1S/C16H21N5O2S/c1-19(2)24(22,23)21-13-8-9-14(21)11-20-15(10-13)17-18-16(20)12-6-4-3-5-7-12/h3-7,13-14H,8-11H2,1-2H3. The molecule has 2 aromatic rings. The predicted octanol–water partition coefficient (Wildman–Crippen LogP) is 1.14. The van der Waals surface area contributed by atoms with E-state index in [1.165, 1.54) is 4.31 Å². The second-order valence-corrected chi connectivity index (χ2v) is 8.67. The largest absolute Gasteiger partial charge is 0.309 e. The summed E-state index contributed by atoms with van der Waals surface area (Å²) in [7, 11) is -0.242. The van der Waals surface area contributed by atoms with Crippen molar-refractivity contribution in [1.82, 2.24) is 23.4 Å². The topological polar surface area (TPSA) is 71.3 Å². The average Bonchev–Trinajstić information content (AvgIpc) is 3.08. The highest BCUT2D eigenvalue weighted by Gasteiger charge is 2.45. The van der Waals surface area contributed by atoms with E-state index in [2.05, 4.69) is 14.8 Å². The molecule has 1 aromatic heterocycles. The Morgan fingerprint density at radius 2 is 1.79 bits per heavy atom. The Morgan fingerprint density at radius 1 is 1.08 bits per heavy atom. The van der Waals surface area contributed by atoms with Crippen LogP contribution in [0.2, 0.25) is 0 Å². The summed E-state index contributed by atoms with van der Waals surface area (Å²) in [6, 6.07) is 9.87. The summed E-state index contributed by atoms with van der Waals surface area (Å²) in [5, 5.41) is 8.71. The molecule has 2 bridgehead atoms. The Morgan fingerprint density at radius 3 is 2.50 bits per heavy atom. The van der Waals surface area contributed by atoms with E-state index >= 15 is 0 Å². The lowest BCUT2D eigenvalue weighted by atomic mass is 10.1. The van der Waals surface area contributed by atoms with Gasteiger partial charge >= 0.3 is 0 Å². The number of benzene rings is 1. The van der Waals surface area contributed by atoms with Gasteiger partial charge in [0.05, 0.1) is 0 Å². The highest BCUT2D eigenvalue weighted by molar-refractivity contribution is 7.86. The first-order chi connectivity index (χ1) is 11.5. The maximum atomic E-state index is 12.7. The van der Waals surface area contributed by atoms with Gasteiger partial charge < -0.3 is 4.57 Å². The molecule has 24 heavy (non-hydrogen) atoms. The van der Waals surface area contributed by atoms with Crippen LogP contribution in [0.4, 0.5) is 0 Å². The van der Waals surface area contributed by atoms with E-state index in [0.717, 1.165) is 30.1 Å². The summed E-state index contributed by atoms with van der Waals surface area (Å²) < 4.78 is 30.6. The Kier molecular flexibility index (Phi) is 3.70. The van der Waals surface area contributed by atoms with E-state index in [1.54, 1.807) is 18.4 Å². The molecular weight excluding hydrogens is 326 g/mol. The fraction of sp³-hybridized carbons (Fsp3) is 0.500. The van der Waals surface area contributed by atoms with Crippen molar-refractivity contribution in [2.75, 3.05) is 14.1 Å². The van der Waals surface area contributed by atoms with Crippen LogP contribution in [0.5, 0.6) is 0 Å². The Hall–Kier alpha value is -1.77. The summed E-state index contributed by atoms with van der Waals surface area (Å²) in [5.41, 5.74) is 1.01. The van der Waals surface area contributed by atoms with Gasteiger partial charge in [-0.1, -0.05) is 30.3 Å². The maximum Gasteiger partial charge on any atom is 0.282 e. The van der Waals surface area contributed by atoms with Gasteiger partial charge in [-0.25, -0.2) is 0 Å². The van der Waals surface area contributed by atoms with E-state index < -0.39 is 10.2 Å². The summed E-state index contributed by atoms with van der Waals surface area (Å²) in [5.74, 6) is 1.69. The number of hydrogen-bond donors (Lipinski definition) is 0. The van der Waals surface area contributed by atoms with Crippen LogP contribution in [-0.2, 0) is 23.2 Å². The fourth-order valence-electron chi connectivity index (χ4n) is 3.77. The third-order valence-corrected chi connectivity index (χ3v) is 7.00. The first-order valence-electron chi connectivity index (χ1n) is 8.17. The molecule has 0 saturated carbocycles. The molecule has 7 nitrogen and oxygen atoms in total. The lowest BCUT2D eigenvalue weighted by Crippen LogP contribution is -2.47. The third-order valence-electron chi connectivity index (χ3n) is 4.95. The summed E-state index contributed by atoms with van der Waals surface area (Å²) in [6.07, 6.45) is 2.37. The molecule has 0 N–H and O–H groups in total. The van der Waals surface area contributed by atoms with Crippen molar-refractivity contribution in [3.8, 4) is 11.4 Å². The molecule has 0 spiro atoms. The van der Waals surface area contributed by atoms with Gasteiger partial charge in [0.1, 0.15) is 5.82 Å². The zero-order valence-corrected chi connectivity index (χ0v) is 14.6. The van der Waals surface area contributed by atoms with Crippen LogP contribution in [0.15, 0.2) is 30.3 Å². The lowest BCUT2D eigenvalue weighted by molar-refractivity contribution is 0.295. The molecule has 0 amide bonds. The lowest BCUT2D eigenvalue weighted by Gasteiger charge is -2.29. The van der Waals surface area contributed by atoms with Gasteiger partial charge in [-0.15, -0.1) is 10.2 Å². The number of hydrogen-bond acceptors (Lipinski definition) is 4. The van der Waals surface area contributed by atoms with E-state index in [4.69, 9.17) is 0 Å². The predicted molar refractivity (Wildman–Crippen MR) is 90.4 cm³/mol. The van der Waals surface area contributed by atoms with Gasteiger partial charge in [0.2, 0.25) is 0 Å². The monoisotopic (exact) mass is 347 g/mol. The second-order valence-electron chi connectivity index (χ2n) is 6.63. The molecule has 2 aliphatic heterocycles. The molecule has 0 aliphatic carbocycles. The third kappa shape index (κ3) is 2.37. The SMILES string of the molecule is CN(C)S(=O)(=O)N1C2CCC1Cn1c(nnc1-c1ccccc1)C2. The molecule has 1 saturated heterocycles. The number of fused-ring (bicyclic) bond motifs is 3.